The van der Waals surface area contributed by atoms with Gasteiger partial charge in [-0.1, -0.05) is 30.3 Å². The van der Waals surface area contributed by atoms with E-state index in [-0.39, 0.29) is 6.04 Å². The van der Waals surface area contributed by atoms with Crippen LogP contribution >= 0.6 is 0 Å². The van der Waals surface area contributed by atoms with Gasteiger partial charge in [-0.3, -0.25) is 0 Å². The topological polar surface area (TPSA) is 35.8 Å². The minimum Gasteiger partial charge on any atom is -0.306 e. The zero-order valence-corrected chi connectivity index (χ0v) is 9.69. The maximum atomic E-state index is 8.88. The summed E-state index contributed by atoms with van der Waals surface area (Å²) in [5.74, 6) is 0.824. The van der Waals surface area contributed by atoms with E-state index in [0.29, 0.717) is 12.5 Å². The van der Waals surface area contributed by atoms with Crippen molar-refractivity contribution in [1.82, 2.24) is 5.32 Å². The Labute approximate surface area is 97.3 Å². The fourth-order valence-electron chi connectivity index (χ4n) is 2.10. The van der Waals surface area contributed by atoms with Crippen LogP contribution in [0.2, 0.25) is 0 Å². The molecule has 2 heteroatoms. The molecule has 0 heterocycles. The van der Waals surface area contributed by atoms with Gasteiger partial charge in [0.2, 0.25) is 0 Å². The lowest BCUT2D eigenvalue weighted by molar-refractivity contribution is 0.426. The second kappa shape index (κ2) is 5.14. The molecule has 2 rings (SSSR count). The van der Waals surface area contributed by atoms with Crippen molar-refractivity contribution in [3.63, 3.8) is 0 Å². The summed E-state index contributed by atoms with van der Waals surface area (Å²) in [6.45, 7) is 2.23. The Hall–Kier alpha value is -1.33. The second-order valence-corrected chi connectivity index (χ2v) is 4.62. The van der Waals surface area contributed by atoms with Gasteiger partial charge < -0.3 is 5.32 Å². The molecule has 2 unspecified atom stereocenters. The molecular weight excluding hydrogens is 196 g/mol. The Morgan fingerprint density at radius 3 is 2.62 bits per heavy atom. The lowest BCUT2D eigenvalue weighted by Crippen LogP contribution is -2.31. The number of nitriles is 1. The highest BCUT2D eigenvalue weighted by molar-refractivity contribution is 5.20. The lowest BCUT2D eigenvalue weighted by Gasteiger charge is -2.21. The third-order valence-corrected chi connectivity index (χ3v) is 3.29. The van der Waals surface area contributed by atoms with Gasteiger partial charge in [-0.15, -0.1) is 0 Å². The minimum atomic E-state index is 0.182. The summed E-state index contributed by atoms with van der Waals surface area (Å²) in [7, 11) is 0. The van der Waals surface area contributed by atoms with E-state index in [2.05, 4.69) is 30.4 Å². The zero-order chi connectivity index (χ0) is 11.4. The maximum absolute atomic E-state index is 8.88. The number of hydrogen-bond acceptors (Lipinski definition) is 2. The van der Waals surface area contributed by atoms with Gasteiger partial charge in [-0.25, -0.2) is 0 Å². The third kappa shape index (κ3) is 2.84. The van der Waals surface area contributed by atoms with Gasteiger partial charge >= 0.3 is 0 Å². The van der Waals surface area contributed by atoms with Crippen LogP contribution in [0.3, 0.4) is 0 Å². The second-order valence-electron chi connectivity index (χ2n) is 4.62. The molecule has 1 aliphatic carbocycles. The average molecular weight is 214 g/mol. The highest BCUT2D eigenvalue weighted by Crippen LogP contribution is 2.33. The van der Waals surface area contributed by atoms with E-state index in [0.717, 1.165) is 5.92 Å². The van der Waals surface area contributed by atoms with Crippen LogP contribution in [0, 0.1) is 17.2 Å². The Bertz CT molecular complexity index is 362. The molecule has 0 radical (unpaired) electrons. The highest BCUT2D eigenvalue weighted by atomic mass is 15.0. The van der Waals surface area contributed by atoms with E-state index in [1.165, 1.54) is 18.4 Å². The summed E-state index contributed by atoms with van der Waals surface area (Å²) >= 11 is 0. The van der Waals surface area contributed by atoms with Crippen LogP contribution in [0.5, 0.6) is 0 Å². The normalized spacial score (nSPS) is 18.8. The van der Waals surface area contributed by atoms with Gasteiger partial charge in [0, 0.05) is 12.1 Å². The number of nitrogens with zero attached hydrogens (tertiary/aromatic N) is 1. The maximum Gasteiger partial charge on any atom is 0.0641 e. The molecule has 2 atom stereocenters. The molecule has 0 bridgehead atoms. The lowest BCUT2D eigenvalue weighted by atomic mass is 10.0. The van der Waals surface area contributed by atoms with Crippen molar-refractivity contribution in [3.05, 3.63) is 35.9 Å². The van der Waals surface area contributed by atoms with Gasteiger partial charge in [0.1, 0.15) is 0 Å². The van der Waals surface area contributed by atoms with Crippen molar-refractivity contribution in [1.29, 1.82) is 5.26 Å². The Morgan fingerprint density at radius 2 is 2.06 bits per heavy atom. The number of benzene rings is 1. The first kappa shape index (κ1) is 11.2. The van der Waals surface area contributed by atoms with Gasteiger partial charge in [0.25, 0.3) is 0 Å². The molecule has 0 spiro atoms. The highest BCUT2D eigenvalue weighted by Gasteiger charge is 2.29. The van der Waals surface area contributed by atoms with Gasteiger partial charge in [0.15, 0.2) is 0 Å². The predicted molar refractivity (Wildman–Crippen MR) is 64.7 cm³/mol. The number of hydrogen-bond donors (Lipinski definition) is 1. The van der Waals surface area contributed by atoms with E-state index < -0.39 is 0 Å². The Balaban J connectivity index is 2.02. The first-order valence-electron chi connectivity index (χ1n) is 5.99. The van der Waals surface area contributed by atoms with E-state index in [1.54, 1.807) is 0 Å². The molecule has 16 heavy (non-hydrogen) atoms. The Morgan fingerprint density at radius 1 is 1.38 bits per heavy atom. The van der Waals surface area contributed by atoms with Crippen molar-refractivity contribution < 1.29 is 0 Å². The number of nitrogens with one attached hydrogen (secondary N) is 1. The van der Waals surface area contributed by atoms with Gasteiger partial charge in [0.05, 0.1) is 12.5 Å². The first-order chi connectivity index (χ1) is 7.81. The number of rotatable bonds is 5. The SMILES string of the molecule is CC(NC(CC#N)c1ccccc1)C1CC1. The first-order valence-corrected chi connectivity index (χ1v) is 5.99. The molecule has 0 aromatic heterocycles. The summed E-state index contributed by atoms with van der Waals surface area (Å²) in [5, 5.41) is 12.4. The van der Waals surface area contributed by atoms with E-state index in [1.807, 2.05) is 18.2 Å². The predicted octanol–water partition coefficient (Wildman–Crippen LogP) is 3.03. The van der Waals surface area contributed by atoms with E-state index in [4.69, 9.17) is 5.26 Å². The quantitative estimate of drug-likeness (QED) is 0.817. The van der Waals surface area contributed by atoms with Crippen molar-refractivity contribution in [3.8, 4) is 6.07 Å². The smallest absolute Gasteiger partial charge is 0.0641 e. The molecule has 1 N–H and O–H groups in total. The molecule has 0 amide bonds. The Kier molecular flexibility index (Phi) is 3.58. The summed E-state index contributed by atoms with van der Waals surface area (Å²) in [4.78, 5) is 0. The fraction of sp³-hybridized carbons (Fsp3) is 0.500. The van der Waals surface area contributed by atoms with Gasteiger partial charge in [-0.05, 0) is 31.2 Å². The van der Waals surface area contributed by atoms with Crippen LogP contribution in [-0.2, 0) is 0 Å². The molecule has 84 valence electrons. The van der Waals surface area contributed by atoms with Crippen molar-refractivity contribution in [2.24, 2.45) is 5.92 Å². The fourth-order valence-corrected chi connectivity index (χ4v) is 2.10. The van der Waals surface area contributed by atoms with Crippen LogP contribution < -0.4 is 5.32 Å². The summed E-state index contributed by atoms with van der Waals surface area (Å²) in [5.41, 5.74) is 1.22. The molecule has 1 aromatic carbocycles. The van der Waals surface area contributed by atoms with Crippen LogP contribution in [0.1, 0.15) is 37.8 Å². The van der Waals surface area contributed by atoms with E-state index in [9.17, 15) is 0 Å². The monoisotopic (exact) mass is 214 g/mol. The molecule has 1 aromatic rings. The van der Waals surface area contributed by atoms with Crippen LogP contribution in [0.15, 0.2) is 30.3 Å². The van der Waals surface area contributed by atoms with E-state index >= 15 is 0 Å². The van der Waals surface area contributed by atoms with Gasteiger partial charge in [-0.2, -0.15) is 5.26 Å². The zero-order valence-electron chi connectivity index (χ0n) is 9.69. The molecular formula is C14H18N2. The third-order valence-electron chi connectivity index (χ3n) is 3.29. The van der Waals surface area contributed by atoms with Crippen molar-refractivity contribution in [2.75, 3.05) is 0 Å². The molecule has 0 saturated heterocycles. The van der Waals surface area contributed by atoms with Crippen molar-refractivity contribution in [2.45, 2.75) is 38.3 Å². The molecule has 1 saturated carbocycles. The summed E-state index contributed by atoms with van der Waals surface area (Å²) < 4.78 is 0. The van der Waals surface area contributed by atoms with Crippen molar-refractivity contribution >= 4 is 0 Å². The molecule has 2 nitrogen and oxygen atoms in total. The summed E-state index contributed by atoms with van der Waals surface area (Å²) in [6.07, 6.45) is 3.21. The minimum absolute atomic E-state index is 0.182. The van der Waals surface area contributed by atoms with Crippen LogP contribution in [0.25, 0.3) is 0 Å². The van der Waals surface area contributed by atoms with Crippen LogP contribution in [0.4, 0.5) is 0 Å². The standard InChI is InChI=1S/C14H18N2/c1-11(12-7-8-12)16-14(9-10-15)13-5-3-2-4-6-13/h2-6,11-12,14,16H,7-9H2,1H3. The van der Waals surface area contributed by atoms with Crippen LogP contribution in [-0.4, -0.2) is 6.04 Å². The molecule has 1 fully saturated rings. The molecule has 0 aliphatic heterocycles. The average Bonchev–Trinajstić information content (AvgIpc) is 3.13. The summed E-state index contributed by atoms with van der Waals surface area (Å²) in [6, 6.07) is 13.2. The molecule has 1 aliphatic rings. The largest absolute Gasteiger partial charge is 0.306 e.